The van der Waals surface area contributed by atoms with Crippen molar-refractivity contribution in [2.24, 2.45) is 23.2 Å². The molecule has 0 aliphatic heterocycles. The van der Waals surface area contributed by atoms with Gasteiger partial charge < -0.3 is 15.2 Å². The van der Waals surface area contributed by atoms with Crippen LogP contribution in [-0.4, -0.2) is 42.3 Å². The second kappa shape index (κ2) is 9.49. The number of carbonyl (C=O) groups excluding carboxylic acids is 1. The van der Waals surface area contributed by atoms with Gasteiger partial charge in [0.2, 0.25) is 0 Å². The summed E-state index contributed by atoms with van der Waals surface area (Å²) in [5.74, 6) is 5.02. The van der Waals surface area contributed by atoms with Gasteiger partial charge >= 0.3 is 0 Å². The third-order valence-electron chi connectivity index (χ3n) is 6.91. The van der Waals surface area contributed by atoms with Crippen LogP contribution in [0.5, 0.6) is 5.75 Å². The lowest BCUT2D eigenvalue weighted by Gasteiger charge is -2.56. The molecule has 4 bridgehead atoms. The lowest BCUT2D eigenvalue weighted by molar-refractivity contribution is -0.0503. The Bertz CT molecular complexity index is 691. The molecule has 4 nitrogen and oxygen atoms in total. The van der Waals surface area contributed by atoms with Crippen molar-refractivity contribution < 1.29 is 14.6 Å². The lowest BCUT2D eigenvalue weighted by atomic mass is 9.49. The first-order chi connectivity index (χ1) is 14.1. The van der Waals surface area contributed by atoms with Crippen molar-refractivity contribution in [1.82, 2.24) is 5.32 Å². The van der Waals surface area contributed by atoms with Crippen LogP contribution < -0.4 is 10.1 Å². The molecule has 0 radical (unpaired) electrons. The average Bonchev–Trinajstić information content (AvgIpc) is 2.69. The van der Waals surface area contributed by atoms with Crippen LogP contribution in [0.3, 0.4) is 0 Å². The molecule has 6 heteroatoms. The van der Waals surface area contributed by atoms with Gasteiger partial charge in [0, 0.05) is 18.9 Å². The number of ether oxygens (including phenoxy) is 1. The largest absolute Gasteiger partial charge is 0.493 e. The number of carbonyl (C=O) groups is 1. The number of benzene rings is 1. The summed E-state index contributed by atoms with van der Waals surface area (Å²) in [6.07, 6.45) is 8.89. The van der Waals surface area contributed by atoms with E-state index in [0.717, 1.165) is 42.2 Å². The maximum Gasteiger partial charge on any atom is 0.252 e. The zero-order valence-corrected chi connectivity index (χ0v) is 18.6. The zero-order chi connectivity index (χ0) is 20.3. The van der Waals surface area contributed by atoms with Gasteiger partial charge in [-0.15, -0.1) is 0 Å². The van der Waals surface area contributed by atoms with E-state index in [1.807, 2.05) is 6.07 Å². The molecule has 4 fully saturated rings. The summed E-state index contributed by atoms with van der Waals surface area (Å²) in [4.78, 5) is 12.9. The summed E-state index contributed by atoms with van der Waals surface area (Å²) >= 11 is 8.08. The zero-order valence-electron chi connectivity index (χ0n) is 17.0. The van der Waals surface area contributed by atoms with Crippen molar-refractivity contribution in [3.8, 4) is 5.75 Å². The predicted octanol–water partition coefficient (Wildman–Crippen LogP) is 4.78. The number of amides is 1. The van der Waals surface area contributed by atoms with Gasteiger partial charge in [-0.1, -0.05) is 11.6 Å². The molecule has 0 heterocycles. The Morgan fingerprint density at radius 2 is 1.86 bits per heavy atom. The highest BCUT2D eigenvalue weighted by atomic mass is 35.5. The van der Waals surface area contributed by atoms with Crippen molar-refractivity contribution in [2.75, 3.05) is 31.3 Å². The number of hydrogen-bond acceptors (Lipinski definition) is 4. The SMILES string of the molecule is O=C(NCC12CC3CC(CC(C3)C1)C2)c1cc(OCCSCCCO)ccc1Cl. The highest BCUT2D eigenvalue weighted by molar-refractivity contribution is 7.99. The van der Waals surface area contributed by atoms with E-state index >= 15 is 0 Å². The third-order valence-corrected chi connectivity index (χ3v) is 8.28. The second-order valence-electron chi connectivity index (χ2n) is 9.28. The van der Waals surface area contributed by atoms with Crippen LogP contribution in [0.1, 0.15) is 55.3 Å². The van der Waals surface area contributed by atoms with Crippen LogP contribution in [0.2, 0.25) is 5.02 Å². The van der Waals surface area contributed by atoms with Gasteiger partial charge in [0.1, 0.15) is 5.75 Å². The molecule has 1 aromatic rings. The molecule has 5 rings (SSSR count). The highest BCUT2D eigenvalue weighted by Gasteiger charge is 2.50. The van der Waals surface area contributed by atoms with Crippen LogP contribution in [0, 0.1) is 23.2 Å². The molecular formula is C23H32ClNO3S. The number of hydrogen-bond donors (Lipinski definition) is 2. The van der Waals surface area contributed by atoms with Crippen LogP contribution >= 0.6 is 23.4 Å². The molecule has 0 aromatic heterocycles. The standard InChI is InChI=1S/C23H32ClNO3S/c24-21-3-2-19(28-5-7-29-6-1-4-26)11-20(21)22(27)25-15-23-12-16-8-17(13-23)10-18(9-16)14-23/h2-3,11,16-18,26H,1,4-10,12-15H2,(H,25,27). The quantitative estimate of drug-likeness (QED) is 0.517. The van der Waals surface area contributed by atoms with E-state index in [-0.39, 0.29) is 12.5 Å². The van der Waals surface area contributed by atoms with Gasteiger partial charge in [-0.05, 0) is 92.1 Å². The van der Waals surface area contributed by atoms with Crippen LogP contribution in [0.25, 0.3) is 0 Å². The monoisotopic (exact) mass is 437 g/mol. The first kappa shape index (κ1) is 21.3. The highest BCUT2D eigenvalue weighted by Crippen LogP contribution is 2.59. The van der Waals surface area contributed by atoms with E-state index < -0.39 is 0 Å². The van der Waals surface area contributed by atoms with Crippen LogP contribution in [-0.2, 0) is 0 Å². The molecule has 160 valence electrons. The van der Waals surface area contributed by atoms with Gasteiger partial charge in [0.05, 0.1) is 17.2 Å². The summed E-state index contributed by atoms with van der Waals surface area (Å²) < 4.78 is 5.79. The van der Waals surface area contributed by atoms with E-state index in [2.05, 4.69) is 5.32 Å². The van der Waals surface area contributed by atoms with Gasteiger partial charge in [0.15, 0.2) is 0 Å². The number of thioether (sulfide) groups is 1. The smallest absolute Gasteiger partial charge is 0.252 e. The number of nitrogens with one attached hydrogen (secondary N) is 1. The Morgan fingerprint density at radius 3 is 2.52 bits per heavy atom. The number of halogens is 1. The normalized spacial score (nSPS) is 29.8. The molecule has 2 N–H and O–H groups in total. The summed E-state index contributed by atoms with van der Waals surface area (Å²) in [6, 6.07) is 5.32. The van der Waals surface area contributed by atoms with Crippen molar-refractivity contribution in [3.63, 3.8) is 0 Å². The second-order valence-corrected chi connectivity index (χ2v) is 10.9. The molecule has 4 aliphatic carbocycles. The predicted molar refractivity (Wildman–Crippen MR) is 119 cm³/mol. The minimum atomic E-state index is -0.0893. The van der Waals surface area contributed by atoms with E-state index in [1.165, 1.54) is 38.5 Å². The molecule has 0 unspecified atom stereocenters. The molecule has 0 spiro atoms. The van der Waals surface area contributed by atoms with E-state index in [4.69, 9.17) is 21.4 Å². The van der Waals surface area contributed by atoms with E-state index in [0.29, 0.717) is 28.4 Å². The number of aliphatic hydroxyl groups excluding tert-OH is 1. The van der Waals surface area contributed by atoms with Crippen LogP contribution in [0.4, 0.5) is 0 Å². The van der Waals surface area contributed by atoms with E-state index in [1.54, 1.807) is 23.9 Å². The van der Waals surface area contributed by atoms with Crippen LogP contribution in [0.15, 0.2) is 18.2 Å². The fourth-order valence-electron chi connectivity index (χ4n) is 6.12. The fourth-order valence-corrected chi connectivity index (χ4v) is 7.07. The van der Waals surface area contributed by atoms with Gasteiger partial charge in [-0.25, -0.2) is 0 Å². The number of aliphatic hydroxyl groups is 1. The van der Waals surface area contributed by atoms with Crippen molar-refractivity contribution in [2.45, 2.75) is 44.9 Å². The number of rotatable bonds is 10. The van der Waals surface area contributed by atoms with Crippen molar-refractivity contribution >= 4 is 29.3 Å². The van der Waals surface area contributed by atoms with Crippen molar-refractivity contribution in [3.05, 3.63) is 28.8 Å². The fraction of sp³-hybridized carbons (Fsp3) is 0.696. The first-order valence-electron chi connectivity index (χ1n) is 11.0. The Labute approximate surface area is 183 Å². The molecule has 1 amide bonds. The first-order valence-corrected chi connectivity index (χ1v) is 12.5. The molecular weight excluding hydrogens is 406 g/mol. The Kier molecular flexibility index (Phi) is 6.98. The molecule has 4 saturated carbocycles. The Hall–Kier alpha value is -0.910. The topological polar surface area (TPSA) is 58.6 Å². The summed E-state index contributed by atoms with van der Waals surface area (Å²) in [6.45, 7) is 1.58. The lowest BCUT2D eigenvalue weighted by Crippen LogP contribution is -2.51. The average molecular weight is 438 g/mol. The Morgan fingerprint density at radius 1 is 1.17 bits per heavy atom. The van der Waals surface area contributed by atoms with Gasteiger partial charge in [-0.2, -0.15) is 11.8 Å². The molecule has 0 saturated heterocycles. The summed E-state index contributed by atoms with van der Waals surface area (Å²) in [7, 11) is 0. The third kappa shape index (κ3) is 5.23. The summed E-state index contributed by atoms with van der Waals surface area (Å²) in [5.41, 5.74) is 0.818. The van der Waals surface area contributed by atoms with E-state index in [9.17, 15) is 4.79 Å². The maximum atomic E-state index is 12.9. The maximum absolute atomic E-state index is 12.9. The van der Waals surface area contributed by atoms with Gasteiger partial charge in [0.25, 0.3) is 5.91 Å². The van der Waals surface area contributed by atoms with Crippen molar-refractivity contribution in [1.29, 1.82) is 0 Å². The Balaban J connectivity index is 1.30. The molecule has 4 aliphatic rings. The molecule has 0 atom stereocenters. The minimum absolute atomic E-state index is 0.0893. The van der Waals surface area contributed by atoms with Gasteiger partial charge in [-0.3, -0.25) is 4.79 Å². The molecule has 29 heavy (non-hydrogen) atoms. The molecule has 1 aromatic carbocycles. The summed E-state index contributed by atoms with van der Waals surface area (Å²) in [5, 5.41) is 12.5. The minimum Gasteiger partial charge on any atom is -0.493 e.